The smallest absolute Gasteiger partial charge is 0.135 e. The second kappa shape index (κ2) is 10.2. The molecule has 0 saturated heterocycles. The lowest BCUT2D eigenvalue weighted by atomic mass is 9.74. The van der Waals surface area contributed by atoms with Gasteiger partial charge in [-0.05, 0) is 69.2 Å². The summed E-state index contributed by atoms with van der Waals surface area (Å²) < 4.78 is 6.84. The zero-order valence-corrected chi connectivity index (χ0v) is 24.0. The molecule has 0 saturated carbocycles. The summed E-state index contributed by atoms with van der Waals surface area (Å²) in [5, 5.41) is 0.736. The third kappa shape index (κ3) is 3.96. The van der Waals surface area contributed by atoms with E-state index in [0.29, 0.717) is 0 Å². The van der Waals surface area contributed by atoms with Crippen molar-refractivity contribution in [1.29, 1.82) is 0 Å². The van der Waals surface area contributed by atoms with E-state index < -0.39 is 5.54 Å². The van der Waals surface area contributed by atoms with E-state index in [2.05, 4.69) is 115 Å². The van der Waals surface area contributed by atoms with Crippen LogP contribution in [0.4, 0.5) is 17.1 Å². The fourth-order valence-corrected chi connectivity index (χ4v) is 6.76. The lowest BCUT2D eigenvalue weighted by Crippen LogP contribution is -2.45. The van der Waals surface area contributed by atoms with Crippen molar-refractivity contribution in [2.24, 2.45) is 0 Å². The van der Waals surface area contributed by atoms with Crippen LogP contribution in [0, 0.1) is 0 Å². The van der Waals surface area contributed by atoms with Gasteiger partial charge >= 0.3 is 0 Å². The van der Waals surface area contributed by atoms with Gasteiger partial charge in [-0.3, -0.25) is 0 Å². The highest BCUT2D eigenvalue weighted by atomic mass is 35.5. The topological polar surface area (TPSA) is 19.0 Å². The number of halogens is 1. The van der Waals surface area contributed by atoms with Gasteiger partial charge < -0.3 is 19.4 Å². The molecule has 0 fully saturated rings. The Labute approximate surface area is 237 Å². The van der Waals surface area contributed by atoms with Crippen molar-refractivity contribution >= 4 is 28.7 Å². The van der Waals surface area contributed by atoms with Crippen LogP contribution in [0.25, 0.3) is 0 Å². The van der Waals surface area contributed by atoms with Gasteiger partial charge in [-0.1, -0.05) is 54.1 Å². The Balaban J connectivity index is 1.67. The predicted molar refractivity (Wildman–Crippen MR) is 164 cm³/mol. The first-order chi connectivity index (χ1) is 19.0. The predicted octanol–water partition coefficient (Wildman–Crippen LogP) is 8.45. The summed E-state index contributed by atoms with van der Waals surface area (Å²) in [5.41, 5.74) is 7.83. The highest BCUT2D eigenvalue weighted by molar-refractivity contribution is 6.30. The molecular formula is C34H36ClN3O. The zero-order chi connectivity index (χ0) is 27.1. The van der Waals surface area contributed by atoms with E-state index >= 15 is 0 Å². The minimum atomic E-state index is -0.548. The molecule has 4 aromatic rings. The van der Waals surface area contributed by atoms with E-state index in [4.69, 9.17) is 16.3 Å². The third-order valence-electron chi connectivity index (χ3n) is 8.45. The second-order valence-electron chi connectivity index (χ2n) is 10.2. The third-order valence-corrected chi connectivity index (χ3v) is 8.68. The van der Waals surface area contributed by atoms with Gasteiger partial charge in [0.1, 0.15) is 17.0 Å². The van der Waals surface area contributed by atoms with E-state index in [-0.39, 0.29) is 0 Å². The summed E-state index contributed by atoms with van der Waals surface area (Å²) >= 11 is 6.58. The van der Waals surface area contributed by atoms with Crippen molar-refractivity contribution in [3.63, 3.8) is 0 Å². The Morgan fingerprint density at radius 1 is 0.692 bits per heavy atom. The number of fused-ring (bicyclic) bond motifs is 6. The van der Waals surface area contributed by atoms with Crippen LogP contribution < -0.4 is 19.4 Å². The second-order valence-corrected chi connectivity index (χ2v) is 10.7. The molecule has 4 nitrogen and oxygen atoms in total. The van der Waals surface area contributed by atoms with Gasteiger partial charge in [-0.15, -0.1) is 0 Å². The molecule has 0 amide bonds. The first-order valence-electron chi connectivity index (χ1n) is 14.1. The van der Waals surface area contributed by atoms with Crippen molar-refractivity contribution in [2.45, 2.75) is 39.8 Å². The highest BCUT2D eigenvalue weighted by Crippen LogP contribution is 2.59. The Kier molecular flexibility index (Phi) is 6.68. The van der Waals surface area contributed by atoms with Crippen LogP contribution in [0.1, 0.15) is 49.9 Å². The standard InChI is InChI=1S/C34H36ClN3O/c1-5-36(6-2)26-16-18-30-32(21-26)39-33-22-27(37(7-3)8-4)17-19-31(33)34(30)29-15-10-9-12-24(29)23-38(34)28-14-11-13-25(35)20-28/h9-22H,5-8,23H2,1-4H3. The molecule has 200 valence electrons. The van der Waals surface area contributed by atoms with Crippen LogP contribution in [0.15, 0.2) is 84.9 Å². The largest absolute Gasteiger partial charge is 0.456 e. The number of benzene rings is 4. The summed E-state index contributed by atoms with van der Waals surface area (Å²) in [4.78, 5) is 7.25. The normalized spacial score (nSPS) is 14.4. The molecule has 2 aliphatic rings. The molecule has 6 rings (SSSR count). The van der Waals surface area contributed by atoms with Crippen LogP contribution in [0.3, 0.4) is 0 Å². The molecule has 0 aromatic heterocycles. The average Bonchev–Trinajstić information content (AvgIpc) is 3.30. The number of hydrogen-bond donors (Lipinski definition) is 0. The monoisotopic (exact) mass is 537 g/mol. The Morgan fingerprint density at radius 3 is 1.85 bits per heavy atom. The lowest BCUT2D eigenvalue weighted by molar-refractivity contribution is 0.416. The summed E-state index contributed by atoms with van der Waals surface area (Å²) in [5.74, 6) is 1.82. The SMILES string of the molecule is CCN(CC)c1ccc2c(c1)Oc1cc(N(CC)CC)ccc1C21c2ccccc2CN1c1cccc(Cl)c1. The van der Waals surface area contributed by atoms with Gasteiger partial charge in [0, 0.05) is 78.1 Å². The fourth-order valence-electron chi connectivity index (χ4n) is 6.58. The number of nitrogens with zero attached hydrogens (tertiary/aromatic N) is 3. The van der Waals surface area contributed by atoms with E-state index in [9.17, 15) is 0 Å². The number of anilines is 3. The van der Waals surface area contributed by atoms with E-state index in [1.807, 2.05) is 12.1 Å². The van der Waals surface area contributed by atoms with Crippen LogP contribution in [0.2, 0.25) is 5.02 Å². The quantitative estimate of drug-likeness (QED) is 0.235. The van der Waals surface area contributed by atoms with Gasteiger partial charge in [0.25, 0.3) is 0 Å². The highest BCUT2D eigenvalue weighted by Gasteiger charge is 2.53. The molecule has 0 bridgehead atoms. The van der Waals surface area contributed by atoms with E-state index in [1.165, 1.54) is 22.5 Å². The van der Waals surface area contributed by atoms with Crippen molar-refractivity contribution in [3.05, 3.63) is 112 Å². The molecule has 2 aliphatic heterocycles. The summed E-state index contributed by atoms with van der Waals surface area (Å²) in [6.07, 6.45) is 0. The Hall–Kier alpha value is -3.63. The molecule has 4 aromatic carbocycles. The minimum absolute atomic E-state index is 0.548. The first-order valence-corrected chi connectivity index (χ1v) is 14.5. The van der Waals surface area contributed by atoms with Crippen LogP contribution in [-0.4, -0.2) is 26.2 Å². The Morgan fingerprint density at radius 2 is 1.28 bits per heavy atom. The Bertz CT molecular complexity index is 1450. The molecule has 0 atom stereocenters. The van der Waals surface area contributed by atoms with Crippen LogP contribution in [0.5, 0.6) is 11.5 Å². The maximum absolute atomic E-state index is 6.84. The maximum atomic E-state index is 6.84. The van der Waals surface area contributed by atoms with Crippen molar-refractivity contribution < 1.29 is 4.74 Å². The first kappa shape index (κ1) is 25.6. The van der Waals surface area contributed by atoms with Gasteiger partial charge in [0.15, 0.2) is 0 Å². The summed E-state index contributed by atoms with van der Waals surface area (Å²) in [7, 11) is 0. The summed E-state index contributed by atoms with van der Waals surface area (Å²) in [6.45, 7) is 13.4. The molecule has 5 heteroatoms. The maximum Gasteiger partial charge on any atom is 0.135 e. The van der Waals surface area contributed by atoms with Gasteiger partial charge in [-0.2, -0.15) is 0 Å². The van der Waals surface area contributed by atoms with Crippen molar-refractivity contribution in [3.8, 4) is 11.5 Å². The van der Waals surface area contributed by atoms with Gasteiger partial charge in [-0.25, -0.2) is 0 Å². The fraction of sp³-hybridized carbons (Fsp3) is 0.294. The van der Waals surface area contributed by atoms with Crippen molar-refractivity contribution in [1.82, 2.24) is 0 Å². The molecule has 1 spiro atoms. The van der Waals surface area contributed by atoms with Gasteiger partial charge in [0.2, 0.25) is 0 Å². The zero-order valence-electron chi connectivity index (χ0n) is 23.2. The van der Waals surface area contributed by atoms with Crippen molar-refractivity contribution in [2.75, 3.05) is 40.9 Å². The average molecular weight is 538 g/mol. The number of rotatable bonds is 7. The van der Waals surface area contributed by atoms with Gasteiger partial charge in [0.05, 0.1) is 0 Å². The van der Waals surface area contributed by atoms with Crippen LogP contribution in [-0.2, 0) is 12.1 Å². The van der Waals surface area contributed by atoms with Crippen LogP contribution >= 0.6 is 11.6 Å². The molecular weight excluding hydrogens is 502 g/mol. The molecule has 2 heterocycles. The molecule has 0 N–H and O–H groups in total. The van der Waals surface area contributed by atoms with E-state index in [0.717, 1.165) is 66.1 Å². The number of hydrogen-bond acceptors (Lipinski definition) is 4. The lowest BCUT2D eigenvalue weighted by Gasteiger charge is -2.46. The molecule has 0 unspecified atom stereocenters. The summed E-state index contributed by atoms with van der Waals surface area (Å²) in [6, 6.07) is 30.6. The minimum Gasteiger partial charge on any atom is -0.456 e. The van der Waals surface area contributed by atoms with E-state index in [1.54, 1.807) is 0 Å². The number of ether oxygens (including phenoxy) is 1. The molecule has 0 aliphatic carbocycles. The molecule has 39 heavy (non-hydrogen) atoms. The molecule has 0 radical (unpaired) electrons.